The quantitative estimate of drug-likeness (QED) is 0.896. The van der Waals surface area contributed by atoms with Gasteiger partial charge in [0.25, 0.3) is 0 Å². The molecule has 1 N–H and O–H groups in total. The molecule has 0 aliphatic carbocycles. The molecule has 0 amide bonds. The third-order valence-corrected chi connectivity index (χ3v) is 4.37. The third-order valence-electron chi connectivity index (χ3n) is 4.37. The fourth-order valence-corrected chi connectivity index (χ4v) is 3.03. The molecule has 0 fully saturated rings. The Labute approximate surface area is 116 Å². The zero-order chi connectivity index (χ0) is 14.2. The van der Waals surface area contributed by atoms with Crippen molar-refractivity contribution in [3.05, 3.63) is 29.1 Å². The Balaban J connectivity index is 2.43. The van der Waals surface area contributed by atoms with Gasteiger partial charge < -0.3 is 10.2 Å². The number of fused-ring (bicyclic) bond motifs is 1. The van der Waals surface area contributed by atoms with E-state index in [1.807, 2.05) is 13.0 Å². The van der Waals surface area contributed by atoms with E-state index in [2.05, 4.69) is 38.0 Å². The summed E-state index contributed by atoms with van der Waals surface area (Å²) in [5.41, 5.74) is 3.18. The molecule has 2 rings (SSSR count). The van der Waals surface area contributed by atoms with Crippen LogP contribution in [-0.4, -0.2) is 19.1 Å². The summed E-state index contributed by atoms with van der Waals surface area (Å²) in [5.74, 6) is 0.374. The van der Waals surface area contributed by atoms with Crippen LogP contribution in [0, 0.1) is 5.82 Å². The van der Waals surface area contributed by atoms with E-state index in [1.54, 1.807) is 6.07 Å². The third kappa shape index (κ3) is 2.62. The first-order chi connectivity index (χ1) is 8.86. The van der Waals surface area contributed by atoms with Gasteiger partial charge in [-0.25, -0.2) is 4.39 Å². The van der Waals surface area contributed by atoms with E-state index in [4.69, 9.17) is 0 Å². The van der Waals surface area contributed by atoms with E-state index >= 15 is 0 Å². The first-order valence-electron chi connectivity index (χ1n) is 7.13. The van der Waals surface area contributed by atoms with E-state index in [-0.39, 0.29) is 11.4 Å². The highest BCUT2D eigenvalue weighted by molar-refractivity contribution is 5.60. The lowest BCUT2D eigenvalue weighted by molar-refractivity contribution is 0.393. The molecule has 1 aliphatic rings. The van der Waals surface area contributed by atoms with Gasteiger partial charge in [-0.3, -0.25) is 0 Å². The number of benzene rings is 1. The van der Waals surface area contributed by atoms with Crippen molar-refractivity contribution in [1.82, 2.24) is 5.32 Å². The fourth-order valence-electron chi connectivity index (χ4n) is 3.03. The van der Waals surface area contributed by atoms with E-state index in [0.717, 1.165) is 24.2 Å². The Bertz CT molecular complexity index is 468. The summed E-state index contributed by atoms with van der Waals surface area (Å²) in [7, 11) is 2.06. The number of halogens is 1. The molecule has 19 heavy (non-hydrogen) atoms. The summed E-state index contributed by atoms with van der Waals surface area (Å²) in [6, 6.07) is 3.75. The van der Waals surface area contributed by atoms with Crippen molar-refractivity contribution in [2.45, 2.75) is 52.1 Å². The molecule has 0 saturated heterocycles. The van der Waals surface area contributed by atoms with Gasteiger partial charge in [0, 0.05) is 30.4 Å². The van der Waals surface area contributed by atoms with Crippen molar-refractivity contribution in [1.29, 1.82) is 0 Å². The molecule has 0 radical (unpaired) electrons. The molecule has 1 aliphatic heterocycles. The minimum atomic E-state index is -0.101. The van der Waals surface area contributed by atoms with Gasteiger partial charge >= 0.3 is 0 Å². The van der Waals surface area contributed by atoms with Crippen LogP contribution in [0.4, 0.5) is 10.1 Å². The first-order valence-corrected chi connectivity index (χ1v) is 7.13. The highest BCUT2D eigenvalue weighted by Gasteiger charge is 2.34. The average Bonchev–Trinajstić information content (AvgIpc) is 2.34. The van der Waals surface area contributed by atoms with Crippen LogP contribution in [0.3, 0.4) is 0 Å². The topological polar surface area (TPSA) is 15.3 Å². The number of hydrogen-bond donors (Lipinski definition) is 1. The standard InChI is InChI=1S/C16H25FN2/c1-6-18-10-12-7-13-11(2)9-16(3,4)19(5)15(13)8-14(12)17/h7-8,11,18H,6,9-10H2,1-5H3/t11-/m0/s1. The van der Waals surface area contributed by atoms with Gasteiger partial charge in [-0.05, 0) is 50.4 Å². The van der Waals surface area contributed by atoms with Crippen molar-refractivity contribution in [2.24, 2.45) is 0 Å². The second kappa shape index (κ2) is 5.12. The first kappa shape index (κ1) is 14.3. The van der Waals surface area contributed by atoms with E-state index in [0.29, 0.717) is 12.5 Å². The Morgan fingerprint density at radius 1 is 1.42 bits per heavy atom. The van der Waals surface area contributed by atoms with Crippen LogP contribution < -0.4 is 10.2 Å². The van der Waals surface area contributed by atoms with Crippen LogP contribution in [0.15, 0.2) is 12.1 Å². The molecule has 3 heteroatoms. The molecule has 0 saturated carbocycles. The number of nitrogens with one attached hydrogen (secondary N) is 1. The van der Waals surface area contributed by atoms with Crippen LogP contribution in [0.25, 0.3) is 0 Å². The summed E-state index contributed by atoms with van der Waals surface area (Å²) in [5, 5.41) is 3.20. The molecule has 2 nitrogen and oxygen atoms in total. The minimum Gasteiger partial charge on any atom is -0.369 e. The Kier molecular flexibility index (Phi) is 3.86. The number of nitrogens with zero attached hydrogens (tertiary/aromatic N) is 1. The van der Waals surface area contributed by atoms with Gasteiger partial charge in [0.1, 0.15) is 5.82 Å². The normalized spacial score (nSPS) is 21.4. The molecule has 0 spiro atoms. The van der Waals surface area contributed by atoms with Crippen LogP contribution in [0.5, 0.6) is 0 Å². The average molecular weight is 264 g/mol. The summed E-state index contributed by atoms with van der Waals surface area (Å²) in [6.07, 6.45) is 1.10. The predicted molar refractivity (Wildman–Crippen MR) is 79.3 cm³/mol. The zero-order valence-electron chi connectivity index (χ0n) is 12.7. The molecular weight excluding hydrogens is 239 g/mol. The van der Waals surface area contributed by atoms with Gasteiger partial charge in [-0.1, -0.05) is 13.8 Å². The van der Waals surface area contributed by atoms with Crippen molar-refractivity contribution in [3.8, 4) is 0 Å². The van der Waals surface area contributed by atoms with Gasteiger partial charge in [0.2, 0.25) is 0 Å². The monoisotopic (exact) mass is 264 g/mol. The number of hydrogen-bond acceptors (Lipinski definition) is 2. The van der Waals surface area contributed by atoms with Gasteiger partial charge in [0.15, 0.2) is 0 Å². The molecule has 0 bridgehead atoms. The van der Waals surface area contributed by atoms with Gasteiger partial charge in [-0.15, -0.1) is 0 Å². The van der Waals surface area contributed by atoms with Crippen molar-refractivity contribution in [2.75, 3.05) is 18.5 Å². The smallest absolute Gasteiger partial charge is 0.129 e. The molecule has 106 valence electrons. The Morgan fingerprint density at radius 2 is 2.11 bits per heavy atom. The van der Waals surface area contributed by atoms with Crippen molar-refractivity contribution in [3.63, 3.8) is 0 Å². The number of anilines is 1. The highest BCUT2D eigenvalue weighted by atomic mass is 19.1. The van der Waals surface area contributed by atoms with Crippen molar-refractivity contribution >= 4 is 5.69 Å². The van der Waals surface area contributed by atoms with Crippen LogP contribution in [0.2, 0.25) is 0 Å². The van der Waals surface area contributed by atoms with E-state index in [9.17, 15) is 4.39 Å². The fraction of sp³-hybridized carbons (Fsp3) is 0.625. The molecule has 1 atom stereocenters. The molecule has 1 aromatic carbocycles. The number of rotatable bonds is 3. The highest BCUT2D eigenvalue weighted by Crippen LogP contribution is 2.43. The summed E-state index contributed by atoms with van der Waals surface area (Å²) < 4.78 is 14.2. The summed E-state index contributed by atoms with van der Waals surface area (Å²) >= 11 is 0. The molecule has 0 unspecified atom stereocenters. The molecule has 1 aromatic rings. The maximum Gasteiger partial charge on any atom is 0.129 e. The van der Waals surface area contributed by atoms with Crippen LogP contribution >= 0.6 is 0 Å². The summed E-state index contributed by atoms with van der Waals surface area (Å²) in [6.45, 7) is 10.2. The Hall–Kier alpha value is -1.09. The van der Waals surface area contributed by atoms with Gasteiger partial charge in [0.05, 0.1) is 0 Å². The summed E-state index contributed by atoms with van der Waals surface area (Å²) in [4.78, 5) is 2.21. The lowest BCUT2D eigenvalue weighted by atomic mass is 9.80. The predicted octanol–water partition coefficient (Wildman–Crippen LogP) is 3.66. The van der Waals surface area contributed by atoms with E-state index < -0.39 is 0 Å². The molecule has 1 heterocycles. The SMILES string of the molecule is CCNCc1cc2c(cc1F)N(C)C(C)(C)C[C@@H]2C. The second-order valence-corrected chi connectivity index (χ2v) is 6.26. The van der Waals surface area contributed by atoms with E-state index in [1.165, 1.54) is 5.56 Å². The Morgan fingerprint density at radius 3 is 2.74 bits per heavy atom. The maximum atomic E-state index is 14.2. The van der Waals surface area contributed by atoms with Crippen molar-refractivity contribution < 1.29 is 4.39 Å². The molecule has 0 aromatic heterocycles. The lowest BCUT2D eigenvalue weighted by Gasteiger charge is -2.45. The largest absolute Gasteiger partial charge is 0.369 e. The molecular formula is C16H25FN2. The van der Waals surface area contributed by atoms with Crippen LogP contribution in [0.1, 0.15) is 51.2 Å². The second-order valence-electron chi connectivity index (χ2n) is 6.26. The van der Waals surface area contributed by atoms with Gasteiger partial charge in [-0.2, -0.15) is 0 Å². The minimum absolute atomic E-state index is 0.0854. The maximum absolute atomic E-state index is 14.2. The zero-order valence-corrected chi connectivity index (χ0v) is 12.7. The lowest BCUT2D eigenvalue weighted by Crippen LogP contribution is -2.45. The van der Waals surface area contributed by atoms with Crippen LogP contribution in [-0.2, 0) is 6.54 Å².